The van der Waals surface area contributed by atoms with Gasteiger partial charge in [-0.05, 0) is 18.1 Å². The molecule has 2 N–H and O–H groups in total. The first-order valence-corrected chi connectivity index (χ1v) is 7.04. The highest BCUT2D eigenvalue weighted by atomic mass is 16.5. The van der Waals surface area contributed by atoms with E-state index in [1.165, 1.54) is 0 Å². The highest BCUT2D eigenvalue weighted by Gasteiger charge is 2.17. The number of anilines is 1. The lowest BCUT2D eigenvalue weighted by Gasteiger charge is -2.22. The maximum Gasteiger partial charge on any atom is 0.254 e. The minimum absolute atomic E-state index is 0.0832. The standard InChI is InChI=1S/C15H25N3O3/c1-11(2)13-9-12(10-14(16)17-13)15(19)18(5-7-20-3)6-8-21-4/h9-11H,5-8H2,1-4H3,(H2,16,17). The van der Waals surface area contributed by atoms with Crippen LogP contribution in [-0.2, 0) is 9.47 Å². The van der Waals surface area contributed by atoms with Crippen molar-refractivity contribution in [3.63, 3.8) is 0 Å². The van der Waals surface area contributed by atoms with Gasteiger partial charge in [-0.3, -0.25) is 4.79 Å². The molecule has 0 fully saturated rings. The van der Waals surface area contributed by atoms with Crippen LogP contribution in [0.15, 0.2) is 12.1 Å². The largest absolute Gasteiger partial charge is 0.384 e. The molecule has 0 bridgehead atoms. The molecule has 0 aliphatic heterocycles. The number of methoxy groups -OCH3 is 2. The van der Waals surface area contributed by atoms with E-state index in [2.05, 4.69) is 4.98 Å². The van der Waals surface area contributed by atoms with Gasteiger partial charge in [0.15, 0.2) is 0 Å². The summed E-state index contributed by atoms with van der Waals surface area (Å²) in [7, 11) is 3.22. The fraction of sp³-hybridized carbons (Fsp3) is 0.600. The number of pyridine rings is 1. The minimum atomic E-state index is -0.0832. The number of nitrogens with two attached hydrogens (primary N) is 1. The van der Waals surface area contributed by atoms with Crippen molar-refractivity contribution >= 4 is 11.7 Å². The molecule has 6 nitrogen and oxygen atoms in total. The van der Waals surface area contributed by atoms with Gasteiger partial charge in [-0.15, -0.1) is 0 Å². The normalized spacial score (nSPS) is 10.9. The fourth-order valence-corrected chi connectivity index (χ4v) is 1.89. The second-order valence-electron chi connectivity index (χ2n) is 5.14. The third-order valence-corrected chi connectivity index (χ3v) is 3.12. The SMILES string of the molecule is COCCN(CCOC)C(=O)c1cc(N)nc(C(C)C)c1. The number of ether oxygens (including phenoxy) is 2. The molecule has 118 valence electrons. The molecule has 21 heavy (non-hydrogen) atoms. The van der Waals surface area contributed by atoms with Crippen LogP contribution in [0.3, 0.4) is 0 Å². The zero-order valence-corrected chi connectivity index (χ0v) is 13.3. The number of carbonyl (C=O) groups is 1. The van der Waals surface area contributed by atoms with Crippen LogP contribution in [0.5, 0.6) is 0 Å². The molecule has 0 unspecified atom stereocenters. The van der Waals surface area contributed by atoms with E-state index in [9.17, 15) is 4.79 Å². The third kappa shape index (κ3) is 5.32. The molecule has 1 rings (SSSR count). The van der Waals surface area contributed by atoms with Crippen molar-refractivity contribution < 1.29 is 14.3 Å². The van der Waals surface area contributed by atoms with Crippen LogP contribution < -0.4 is 5.73 Å². The van der Waals surface area contributed by atoms with E-state index < -0.39 is 0 Å². The number of rotatable bonds is 8. The van der Waals surface area contributed by atoms with Crippen molar-refractivity contribution in [1.82, 2.24) is 9.88 Å². The van der Waals surface area contributed by atoms with Gasteiger partial charge in [0, 0.05) is 38.6 Å². The maximum atomic E-state index is 12.6. The second-order valence-corrected chi connectivity index (χ2v) is 5.14. The molecule has 6 heteroatoms. The van der Waals surface area contributed by atoms with Crippen LogP contribution >= 0.6 is 0 Å². The van der Waals surface area contributed by atoms with E-state index in [0.717, 1.165) is 5.69 Å². The van der Waals surface area contributed by atoms with Crippen LogP contribution in [0.1, 0.15) is 35.8 Å². The van der Waals surface area contributed by atoms with Crippen molar-refractivity contribution in [1.29, 1.82) is 0 Å². The van der Waals surface area contributed by atoms with Gasteiger partial charge in [0.1, 0.15) is 5.82 Å². The minimum Gasteiger partial charge on any atom is -0.384 e. The smallest absolute Gasteiger partial charge is 0.254 e. The summed E-state index contributed by atoms with van der Waals surface area (Å²) < 4.78 is 10.1. The maximum absolute atomic E-state index is 12.6. The molecule has 1 aromatic heterocycles. The topological polar surface area (TPSA) is 77.7 Å². The molecule has 0 aromatic carbocycles. The first-order chi connectivity index (χ1) is 9.99. The van der Waals surface area contributed by atoms with Gasteiger partial charge in [0.05, 0.1) is 13.2 Å². The van der Waals surface area contributed by atoms with Crippen molar-refractivity contribution in [2.75, 3.05) is 46.3 Å². The Labute approximate surface area is 126 Å². The predicted octanol–water partition coefficient (Wildman–Crippen LogP) is 1.52. The van der Waals surface area contributed by atoms with Crippen molar-refractivity contribution in [3.8, 4) is 0 Å². The Morgan fingerprint density at radius 1 is 1.24 bits per heavy atom. The summed E-state index contributed by atoms with van der Waals surface area (Å²) in [6, 6.07) is 3.41. The zero-order chi connectivity index (χ0) is 15.8. The lowest BCUT2D eigenvalue weighted by atomic mass is 10.1. The summed E-state index contributed by atoms with van der Waals surface area (Å²) in [4.78, 5) is 18.6. The molecule has 0 spiro atoms. The number of nitrogen functional groups attached to an aromatic ring is 1. The highest BCUT2D eigenvalue weighted by Crippen LogP contribution is 2.17. The molecule has 1 aromatic rings. The van der Waals surface area contributed by atoms with E-state index in [1.54, 1.807) is 31.3 Å². The third-order valence-electron chi connectivity index (χ3n) is 3.12. The van der Waals surface area contributed by atoms with Gasteiger partial charge in [-0.2, -0.15) is 0 Å². The second kappa shape index (κ2) is 8.59. The van der Waals surface area contributed by atoms with Gasteiger partial charge >= 0.3 is 0 Å². The quantitative estimate of drug-likeness (QED) is 0.787. The van der Waals surface area contributed by atoms with Crippen LogP contribution in [-0.4, -0.2) is 56.3 Å². The van der Waals surface area contributed by atoms with Crippen molar-refractivity contribution in [2.45, 2.75) is 19.8 Å². The number of aromatic nitrogens is 1. The Bertz CT molecular complexity index is 455. The number of hydrogen-bond acceptors (Lipinski definition) is 5. The van der Waals surface area contributed by atoms with E-state index in [4.69, 9.17) is 15.2 Å². The van der Waals surface area contributed by atoms with Gasteiger partial charge in [-0.25, -0.2) is 4.98 Å². The summed E-state index contributed by atoms with van der Waals surface area (Å²) >= 11 is 0. The van der Waals surface area contributed by atoms with Crippen LogP contribution in [0.25, 0.3) is 0 Å². The lowest BCUT2D eigenvalue weighted by molar-refractivity contribution is 0.0627. The molecule has 1 amide bonds. The first kappa shape index (κ1) is 17.4. The van der Waals surface area contributed by atoms with Crippen molar-refractivity contribution in [2.24, 2.45) is 0 Å². The summed E-state index contributed by atoms with van der Waals surface area (Å²) in [5, 5.41) is 0. The molecule has 0 saturated heterocycles. The number of nitrogens with zero attached hydrogens (tertiary/aromatic N) is 2. The molecular formula is C15H25N3O3. The number of amides is 1. The summed E-state index contributed by atoms with van der Waals surface area (Å²) in [5.74, 6) is 0.495. The van der Waals surface area contributed by atoms with Crippen LogP contribution in [0.4, 0.5) is 5.82 Å². The van der Waals surface area contributed by atoms with Crippen molar-refractivity contribution in [3.05, 3.63) is 23.4 Å². The van der Waals surface area contributed by atoms with E-state index in [-0.39, 0.29) is 11.8 Å². The molecule has 0 atom stereocenters. The Kier molecular flexibility index (Phi) is 7.11. The predicted molar refractivity (Wildman–Crippen MR) is 82.4 cm³/mol. The fourth-order valence-electron chi connectivity index (χ4n) is 1.89. The molecule has 1 heterocycles. The first-order valence-electron chi connectivity index (χ1n) is 7.04. The molecular weight excluding hydrogens is 270 g/mol. The Balaban J connectivity index is 2.95. The van der Waals surface area contributed by atoms with Gasteiger partial charge in [0.2, 0.25) is 0 Å². The molecule has 0 radical (unpaired) electrons. The van der Waals surface area contributed by atoms with Gasteiger partial charge < -0.3 is 20.1 Å². The Morgan fingerprint density at radius 3 is 2.29 bits per heavy atom. The number of hydrogen-bond donors (Lipinski definition) is 1. The molecule has 0 aliphatic carbocycles. The molecule has 0 aliphatic rings. The number of carbonyl (C=O) groups excluding carboxylic acids is 1. The summed E-state index contributed by atoms with van der Waals surface area (Å²) in [5.41, 5.74) is 7.17. The van der Waals surface area contributed by atoms with E-state index in [0.29, 0.717) is 37.7 Å². The Morgan fingerprint density at radius 2 is 1.81 bits per heavy atom. The summed E-state index contributed by atoms with van der Waals surface area (Å²) in [6.07, 6.45) is 0. The lowest BCUT2D eigenvalue weighted by Crippen LogP contribution is -2.36. The molecule has 0 saturated carbocycles. The van der Waals surface area contributed by atoms with E-state index >= 15 is 0 Å². The van der Waals surface area contributed by atoms with Gasteiger partial charge in [-0.1, -0.05) is 13.8 Å². The van der Waals surface area contributed by atoms with Crippen LogP contribution in [0.2, 0.25) is 0 Å². The monoisotopic (exact) mass is 295 g/mol. The highest BCUT2D eigenvalue weighted by molar-refractivity contribution is 5.95. The zero-order valence-electron chi connectivity index (χ0n) is 13.3. The van der Waals surface area contributed by atoms with E-state index in [1.807, 2.05) is 13.8 Å². The average Bonchev–Trinajstić information content (AvgIpc) is 2.46. The Hall–Kier alpha value is -1.66. The van der Waals surface area contributed by atoms with Crippen LogP contribution in [0, 0.1) is 0 Å². The summed E-state index contributed by atoms with van der Waals surface area (Å²) in [6.45, 7) is 6.02. The van der Waals surface area contributed by atoms with Gasteiger partial charge in [0.25, 0.3) is 5.91 Å². The average molecular weight is 295 g/mol.